The number of thioether (sulfide) groups is 2. The van der Waals surface area contributed by atoms with Crippen LogP contribution < -0.4 is 10.2 Å². The van der Waals surface area contributed by atoms with Gasteiger partial charge in [0.25, 0.3) is 0 Å². The van der Waals surface area contributed by atoms with E-state index in [1.54, 1.807) is 6.21 Å². The summed E-state index contributed by atoms with van der Waals surface area (Å²) in [7, 11) is 0. The minimum Gasteiger partial charge on any atom is -0.488 e. The first kappa shape index (κ1) is 20.1. The molecule has 1 aliphatic rings. The van der Waals surface area contributed by atoms with Gasteiger partial charge in [0, 0.05) is 22.1 Å². The second kappa shape index (κ2) is 9.53. The Kier molecular flexibility index (Phi) is 7.10. The summed E-state index contributed by atoms with van der Waals surface area (Å²) >= 11 is 9.57. The normalized spacial score (nSPS) is 15.8. The summed E-state index contributed by atoms with van der Waals surface area (Å²) in [6.45, 7) is 2.54. The Bertz CT molecular complexity index is 806. The van der Waals surface area contributed by atoms with E-state index in [-0.39, 0.29) is 9.99 Å². The Labute approximate surface area is 173 Å². The van der Waals surface area contributed by atoms with E-state index >= 15 is 0 Å². The highest BCUT2D eigenvalue weighted by molar-refractivity contribution is 8.21. The fourth-order valence-electron chi connectivity index (χ4n) is 2.62. The third-order valence-corrected chi connectivity index (χ3v) is 7.54. The zero-order chi connectivity index (χ0) is 19.1. The average molecular weight is 421 g/mol. The maximum atomic E-state index is 12.1. The van der Waals surface area contributed by atoms with Crippen LogP contribution in [0.4, 0.5) is 0 Å². The van der Waals surface area contributed by atoms with Crippen LogP contribution in [-0.2, 0) is 11.4 Å². The molecule has 0 aromatic heterocycles. The van der Waals surface area contributed by atoms with E-state index in [4.69, 9.17) is 16.3 Å². The molecule has 1 saturated heterocycles. The lowest BCUT2D eigenvalue weighted by molar-refractivity contribution is -0.121. The molecule has 0 spiro atoms. The summed E-state index contributed by atoms with van der Waals surface area (Å²) in [5.74, 6) is 2.82. The largest absolute Gasteiger partial charge is 0.488 e. The van der Waals surface area contributed by atoms with Crippen molar-refractivity contribution in [3.05, 3.63) is 64.7 Å². The second-order valence-corrected chi connectivity index (χ2v) is 10.1. The Morgan fingerprint density at radius 2 is 1.93 bits per heavy atom. The van der Waals surface area contributed by atoms with E-state index in [1.807, 2.05) is 72.1 Å². The summed E-state index contributed by atoms with van der Waals surface area (Å²) in [4.78, 5) is 12.1. The summed E-state index contributed by atoms with van der Waals surface area (Å²) in [6, 6.07) is 15.1. The van der Waals surface area contributed by atoms with Gasteiger partial charge in [0.1, 0.15) is 12.4 Å². The third-order valence-electron chi connectivity index (χ3n) is 4.00. The van der Waals surface area contributed by atoms with Gasteiger partial charge in [-0.1, -0.05) is 35.9 Å². The number of amides is 1. The highest BCUT2D eigenvalue weighted by Gasteiger charge is 2.32. The molecule has 0 bridgehead atoms. The molecule has 27 heavy (non-hydrogen) atoms. The smallest absolute Gasteiger partial charge is 0.242 e. The molecule has 1 N–H and O–H groups in total. The average Bonchev–Trinajstić information content (AvgIpc) is 3.08. The van der Waals surface area contributed by atoms with E-state index in [2.05, 4.69) is 17.5 Å². The van der Waals surface area contributed by atoms with Crippen molar-refractivity contribution in [1.82, 2.24) is 5.43 Å². The van der Waals surface area contributed by atoms with Crippen LogP contribution in [0.1, 0.15) is 24.5 Å². The van der Waals surface area contributed by atoms with E-state index in [0.29, 0.717) is 23.8 Å². The van der Waals surface area contributed by atoms with Crippen molar-refractivity contribution in [3.8, 4) is 5.75 Å². The summed E-state index contributed by atoms with van der Waals surface area (Å²) in [5.41, 5.74) is 4.46. The van der Waals surface area contributed by atoms with Gasteiger partial charge < -0.3 is 4.74 Å². The lowest BCUT2D eigenvalue weighted by Gasteiger charge is -2.19. The van der Waals surface area contributed by atoms with E-state index in [9.17, 15) is 4.79 Å². The van der Waals surface area contributed by atoms with E-state index in [0.717, 1.165) is 22.6 Å². The minimum atomic E-state index is -0.0739. The predicted molar refractivity (Wildman–Crippen MR) is 116 cm³/mol. The van der Waals surface area contributed by atoms with Gasteiger partial charge in [-0.15, -0.1) is 23.5 Å². The van der Waals surface area contributed by atoms with Crippen LogP contribution in [0.5, 0.6) is 5.75 Å². The molecule has 0 unspecified atom stereocenters. The number of hydrogen-bond acceptors (Lipinski definition) is 5. The standard InChI is InChI=1S/C20H21ClN2O2S2/c1-20(26-10-11-27-20)12-19(24)23-22-13-16-4-2-3-5-18(16)25-14-15-6-8-17(21)9-7-15/h2-9,13H,10-12,14H2,1H3,(H,23,24)/b22-13-. The van der Waals surface area contributed by atoms with Crippen LogP contribution in [-0.4, -0.2) is 27.7 Å². The number of ether oxygens (including phenoxy) is 1. The molecule has 1 amide bonds. The second-order valence-electron chi connectivity index (χ2n) is 6.25. The molecule has 4 nitrogen and oxygen atoms in total. The van der Waals surface area contributed by atoms with Gasteiger partial charge in [0.2, 0.25) is 5.91 Å². The highest BCUT2D eigenvalue weighted by Crippen LogP contribution is 2.45. The first-order chi connectivity index (χ1) is 13.0. The van der Waals surface area contributed by atoms with Gasteiger partial charge in [0.05, 0.1) is 16.7 Å². The number of nitrogens with one attached hydrogen (secondary N) is 1. The fraction of sp³-hybridized carbons (Fsp3) is 0.300. The molecule has 1 heterocycles. The molecule has 0 radical (unpaired) electrons. The van der Waals surface area contributed by atoms with Crippen LogP contribution in [0.15, 0.2) is 53.6 Å². The number of rotatable bonds is 7. The van der Waals surface area contributed by atoms with Gasteiger partial charge in [0.15, 0.2) is 0 Å². The van der Waals surface area contributed by atoms with Crippen LogP contribution in [0.3, 0.4) is 0 Å². The maximum Gasteiger partial charge on any atom is 0.242 e. The Morgan fingerprint density at radius 1 is 1.22 bits per heavy atom. The maximum absolute atomic E-state index is 12.1. The molecular weight excluding hydrogens is 400 g/mol. The SMILES string of the molecule is CC1(CC(=O)N/N=C\c2ccccc2OCc2ccc(Cl)cc2)SCCS1. The monoisotopic (exact) mass is 420 g/mol. The number of para-hydroxylation sites is 1. The van der Waals surface area contributed by atoms with E-state index < -0.39 is 0 Å². The molecule has 7 heteroatoms. The van der Waals surface area contributed by atoms with Crippen molar-refractivity contribution in [2.24, 2.45) is 5.10 Å². The number of halogens is 1. The Morgan fingerprint density at radius 3 is 2.67 bits per heavy atom. The topological polar surface area (TPSA) is 50.7 Å². The van der Waals surface area contributed by atoms with Crippen LogP contribution >= 0.6 is 35.1 Å². The molecule has 3 rings (SSSR count). The van der Waals surface area contributed by atoms with Gasteiger partial charge in [-0.3, -0.25) is 4.79 Å². The fourth-order valence-corrected chi connectivity index (χ4v) is 5.58. The number of hydrazone groups is 1. The number of carbonyl (C=O) groups excluding carboxylic acids is 1. The van der Waals surface area contributed by atoms with Crippen molar-refractivity contribution in [3.63, 3.8) is 0 Å². The van der Waals surface area contributed by atoms with Crippen molar-refractivity contribution in [2.75, 3.05) is 11.5 Å². The molecule has 1 fully saturated rings. The third kappa shape index (κ3) is 6.19. The number of benzene rings is 2. The zero-order valence-corrected chi connectivity index (χ0v) is 17.4. The Hall–Kier alpha value is -1.63. The van der Waals surface area contributed by atoms with Gasteiger partial charge >= 0.3 is 0 Å². The van der Waals surface area contributed by atoms with Gasteiger partial charge in [-0.05, 0) is 36.8 Å². The van der Waals surface area contributed by atoms with E-state index in [1.165, 1.54) is 0 Å². The van der Waals surface area contributed by atoms with Gasteiger partial charge in [-0.2, -0.15) is 5.10 Å². The molecule has 142 valence electrons. The molecule has 2 aromatic carbocycles. The van der Waals surface area contributed by atoms with Crippen LogP contribution in [0, 0.1) is 0 Å². The first-order valence-electron chi connectivity index (χ1n) is 8.60. The zero-order valence-electron chi connectivity index (χ0n) is 15.0. The van der Waals surface area contributed by atoms with Crippen LogP contribution in [0.25, 0.3) is 0 Å². The molecule has 1 aliphatic heterocycles. The summed E-state index contributed by atoms with van der Waals surface area (Å²) in [6.07, 6.45) is 2.07. The van der Waals surface area contributed by atoms with Gasteiger partial charge in [-0.25, -0.2) is 5.43 Å². The molecule has 0 saturated carbocycles. The summed E-state index contributed by atoms with van der Waals surface area (Å²) < 4.78 is 5.85. The lowest BCUT2D eigenvalue weighted by Crippen LogP contribution is -2.26. The van der Waals surface area contributed by atoms with Crippen molar-refractivity contribution < 1.29 is 9.53 Å². The molecule has 2 aromatic rings. The first-order valence-corrected chi connectivity index (χ1v) is 11.0. The van der Waals surface area contributed by atoms with Crippen molar-refractivity contribution >= 4 is 47.2 Å². The number of carbonyl (C=O) groups is 1. The number of hydrogen-bond donors (Lipinski definition) is 1. The number of nitrogens with zero attached hydrogens (tertiary/aromatic N) is 1. The lowest BCUT2D eigenvalue weighted by atomic mass is 10.2. The Balaban J connectivity index is 1.55. The molecule has 0 aliphatic carbocycles. The summed E-state index contributed by atoms with van der Waals surface area (Å²) in [5, 5.41) is 4.80. The quantitative estimate of drug-likeness (QED) is 0.508. The minimum absolute atomic E-state index is 0.0425. The van der Waals surface area contributed by atoms with Crippen LogP contribution in [0.2, 0.25) is 5.02 Å². The molecular formula is C20H21ClN2O2S2. The van der Waals surface area contributed by atoms with Crippen molar-refractivity contribution in [2.45, 2.75) is 24.0 Å². The highest BCUT2D eigenvalue weighted by atomic mass is 35.5. The van der Waals surface area contributed by atoms with Crippen molar-refractivity contribution in [1.29, 1.82) is 0 Å². The molecule has 0 atom stereocenters. The predicted octanol–water partition coefficient (Wildman–Crippen LogP) is 4.96.